The van der Waals surface area contributed by atoms with E-state index in [4.69, 9.17) is 11.6 Å². The van der Waals surface area contributed by atoms with Gasteiger partial charge in [-0.1, -0.05) is 41.9 Å². The van der Waals surface area contributed by atoms with Crippen molar-refractivity contribution in [3.05, 3.63) is 58.6 Å². The van der Waals surface area contributed by atoms with E-state index >= 15 is 0 Å². The summed E-state index contributed by atoms with van der Waals surface area (Å²) in [5.74, 6) is 0.588. The smallest absolute Gasteiger partial charge is 0.226 e. The van der Waals surface area contributed by atoms with Gasteiger partial charge in [-0.05, 0) is 80.2 Å². The first-order valence-electron chi connectivity index (χ1n) is 11.3. The molecule has 4 rings (SSSR count). The molecule has 1 unspecified atom stereocenters. The van der Waals surface area contributed by atoms with Crippen LogP contribution in [0, 0.1) is 11.8 Å². The summed E-state index contributed by atoms with van der Waals surface area (Å²) < 4.78 is 0. The third-order valence-corrected chi connectivity index (χ3v) is 7.37. The number of benzene rings is 2. The van der Waals surface area contributed by atoms with Gasteiger partial charge in [0, 0.05) is 35.7 Å². The SMILES string of the molecule is CC(=O)c1cccc(-c2cccc(Cl)c2CC2CCN(C3CCC(CO)CC3)C2=O)c1. The molecular formula is C26H30ClNO3. The highest BCUT2D eigenvalue weighted by Gasteiger charge is 2.37. The highest BCUT2D eigenvalue weighted by atomic mass is 35.5. The first-order valence-corrected chi connectivity index (χ1v) is 11.7. The van der Waals surface area contributed by atoms with Gasteiger partial charge in [0.25, 0.3) is 0 Å². The summed E-state index contributed by atoms with van der Waals surface area (Å²) in [4.78, 5) is 27.2. The number of carbonyl (C=O) groups excluding carboxylic acids is 2. The molecule has 1 aliphatic heterocycles. The molecule has 2 aromatic carbocycles. The predicted octanol–water partition coefficient (Wildman–Crippen LogP) is 5.15. The third-order valence-electron chi connectivity index (χ3n) is 7.02. The van der Waals surface area contributed by atoms with Crippen molar-refractivity contribution in [2.75, 3.05) is 13.2 Å². The number of likely N-dealkylation sites (tertiary alicyclic amines) is 1. The molecule has 5 heteroatoms. The van der Waals surface area contributed by atoms with Crippen LogP contribution < -0.4 is 0 Å². The molecule has 2 aliphatic rings. The lowest BCUT2D eigenvalue weighted by atomic mass is 9.86. The van der Waals surface area contributed by atoms with Crippen LogP contribution in [0.4, 0.5) is 0 Å². The van der Waals surface area contributed by atoms with Gasteiger partial charge < -0.3 is 10.0 Å². The summed E-state index contributed by atoms with van der Waals surface area (Å²) >= 11 is 6.61. The molecule has 4 nitrogen and oxygen atoms in total. The zero-order valence-electron chi connectivity index (χ0n) is 18.0. The van der Waals surface area contributed by atoms with Crippen molar-refractivity contribution in [2.24, 2.45) is 11.8 Å². The van der Waals surface area contributed by atoms with E-state index in [1.807, 2.05) is 42.5 Å². The average molecular weight is 440 g/mol. The highest BCUT2D eigenvalue weighted by Crippen LogP contribution is 2.36. The summed E-state index contributed by atoms with van der Waals surface area (Å²) in [6.07, 6.45) is 5.42. The average Bonchev–Trinajstić information content (AvgIpc) is 3.15. The van der Waals surface area contributed by atoms with E-state index in [2.05, 4.69) is 4.90 Å². The molecule has 1 atom stereocenters. The fraction of sp³-hybridized carbons (Fsp3) is 0.462. The Balaban J connectivity index is 1.53. The Morgan fingerprint density at radius 3 is 2.55 bits per heavy atom. The Morgan fingerprint density at radius 1 is 1.10 bits per heavy atom. The third kappa shape index (κ3) is 4.70. The molecule has 164 valence electrons. The molecule has 1 N–H and O–H groups in total. The lowest BCUT2D eigenvalue weighted by molar-refractivity contribution is -0.133. The number of amides is 1. The molecule has 1 aliphatic carbocycles. The molecule has 0 spiro atoms. The second-order valence-corrected chi connectivity index (χ2v) is 9.39. The Hall–Kier alpha value is -2.17. The fourth-order valence-corrected chi connectivity index (χ4v) is 5.39. The van der Waals surface area contributed by atoms with Crippen LogP contribution in [0.1, 0.15) is 54.9 Å². The van der Waals surface area contributed by atoms with Crippen molar-refractivity contribution in [1.29, 1.82) is 0 Å². The molecule has 1 amide bonds. The van der Waals surface area contributed by atoms with E-state index in [9.17, 15) is 14.7 Å². The fourth-order valence-electron chi connectivity index (χ4n) is 5.14. The molecule has 1 saturated heterocycles. The topological polar surface area (TPSA) is 57.6 Å². The van der Waals surface area contributed by atoms with Crippen LogP contribution in [-0.4, -0.2) is 40.9 Å². The van der Waals surface area contributed by atoms with Crippen molar-refractivity contribution >= 4 is 23.3 Å². The van der Waals surface area contributed by atoms with Crippen molar-refractivity contribution in [3.8, 4) is 11.1 Å². The molecule has 31 heavy (non-hydrogen) atoms. The first kappa shape index (κ1) is 22.0. The van der Waals surface area contributed by atoms with Gasteiger partial charge in [0.15, 0.2) is 5.78 Å². The minimum Gasteiger partial charge on any atom is -0.396 e. The largest absolute Gasteiger partial charge is 0.396 e. The Morgan fingerprint density at radius 2 is 1.84 bits per heavy atom. The normalized spacial score (nSPS) is 23.9. The van der Waals surface area contributed by atoms with Crippen LogP contribution >= 0.6 is 11.6 Å². The minimum absolute atomic E-state index is 0.0305. The van der Waals surface area contributed by atoms with Gasteiger partial charge in [0.05, 0.1) is 0 Å². The zero-order valence-corrected chi connectivity index (χ0v) is 18.8. The molecule has 0 radical (unpaired) electrons. The number of hydrogen-bond acceptors (Lipinski definition) is 3. The number of Topliss-reactive ketones (excluding diaryl/α,β-unsaturated/α-hetero) is 1. The number of carbonyl (C=O) groups is 2. The number of halogens is 1. The molecular weight excluding hydrogens is 410 g/mol. The molecule has 2 fully saturated rings. The highest BCUT2D eigenvalue weighted by molar-refractivity contribution is 6.31. The van der Waals surface area contributed by atoms with Crippen molar-refractivity contribution < 1.29 is 14.7 Å². The standard InChI is InChI=1S/C26H30ClNO3/c1-17(30)19-4-2-5-20(14-19)23-6-3-7-25(27)24(23)15-21-12-13-28(26(21)31)22-10-8-18(16-29)9-11-22/h2-7,14,18,21-22,29H,8-13,15-16H2,1H3. The number of hydrogen-bond donors (Lipinski definition) is 1. The van der Waals surface area contributed by atoms with Gasteiger partial charge in [-0.2, -0.15) is 0 Å². The van der Waals surface area contributed by atoms with Crippen molar-refractivity contribution in [1.82, 2.24) is 4.90 Å². The number of ketones is 1. The maximum absolute atomic E-state index is 13.3. The minimum atomic E-state index is -0.0646. The summed E-state index contributed by atoms with van der Waals surface area (Å²) in [5, 5.41) is 10.0. The zero-order chi connectivity index (χ0) is 22.0. The monoisotopic (exact) mass is 439 g/mol. The summed E-state index contributed by atoms with van der Waals surface area (Å²) in [5.41, 5.74) is 3.60. The van der Waals surface area contributed by atoms with E-state index in [0.717, 1.165) is 55.3 Å². The van der Waals surface area contributed by atoms with Gasteiger partial charge >= 0.3 is 0 Å². The number of rotatable bonds is 6. The second kappa shape index (κ2) is 9.54. The van der Waals surface area contributed by atoms with Gasteiger partial charge in [0.1, 0.15) is 0 Å². The molecule has 2 aromatic rings. The van der Waals surface area contributed by atoms with Crippen LogP contribution in [-0.2, 0) is 11.2 Å². The van der Waals surface area contributed by atoms with Crippen LogP contribution in [0.5, 0.6) is 0 Å². The van der Waals surface area contributed by atoms with Gasteiger partial charge in [-0.3, -0.25) is 9.59 Å². The van der Waals surface area contributed by atoms with Crippen LogP contribution in [0.2, 0.25) is 5.02 Å². The van der Waals surface area contributed by atoms with Crippen LogP contribution in [0.25, 0.3) is 11.1 Å². The van der Waals surface area contributed by atoms with Crippen molar-refractivity contribution in [2.45, 2.75) is 51.5 Å². The summed E-state index contributed by atoms with van der Waals surface area (Å²) in [6.45, 7) is 2.62. The Bertz CT molecular complexity index is 965. The van der Waals surface area contributed by atoms with Crippen LogP contribution in [0.3, 0.4) is 0 Å². The second-order valence-electron chi connectivity index (χ2n) is 8.98. The Labute approximate surface area is 189 Å². The lowest BCUT2D eigenvalue weighted by Crippen LogP contribution is -2.40. The lowest BCUT2D eigenvalue weighted by Gasteiger charge is -2.34. The predicted molar refractivity (Wildman–Crippen MR) is 123 cm³/mol. The van der Waals surface area contributed by atoms with Crippen LogP contribution in [0.15, 0.2) is 42.5 Å². The van der Waals surface area contributed by atoms with Gasteiger partial charge in [-0.25, -0.2) is 0 Å². The van der Waals surface area contributed by atoms with Crippen molar-refractivity contribution in [3.63, 3.8) is 0 Å². The number of nitrogens with zero attached hydrogens (tertiary/aromatic N) is 1. The molecule has 1 saturated carbocycles. The van der Waals surface area contributed by atoms with Gasteiger partial charge in [-0.15, -0.1) is 0 Å². The maximum atomic E-state index is 13.3. The maximum Gasteiger partial charge on any atom is 0.226 e. The van der Waals surface area contributed by atoms with E-state index in [1.165, 1.54) is 0 Å². The molecule has 0 aromatic heterocycles. The van der Waals surface area contributed by atoms with E-state index in [0.29, 0.717) is 29.0 Å². The first-order chi connectivity index (χ1) is 15.0. The number of aliphatic hydroxyl groups is 1. The van der Waals surface area contributed by atoms with E-state index < -0.39 is 0 Å². The summed E-state index contributed by atoms with van der Waals surface area (Å²) in [7, 11) is 0. The Kier molecular flexibility index (Phi) is 6.78. The molecule has 0 bridgehead atoms. The van der Waals surface area contributed by atoms with E-state index in [-0.39, 0.29) is 24.2 Å². The number of aliphatic hydroxyl groups excluding tert-OH is 1. The molecule has 1 heterocycles. The summed E-state index contributed by atoms with van der Waals surface area (Å²) in [6, 6.07) is 13.7. The quantitative estimate of drug-likeness (QED) is 0.633. The van der Waals surface area contributed by atoms with E-state index in [1.54, 1.807) is 6.92 Å². The van der Waals surface area contributed by atoms with Gasteiger partial charge in [0.2, 0.25) is 5.91 Å².